The summed E-state index contributed by atoms with van der Waals surface area (Å²) in [5.41, 5.74) is 2.80. The first-order valence-electron chi connectivity index (χ1n) is 8.82. The second kappa shape index (κ2) is 6.30. The monoisotopic (exact) mass is 343 g/mol. The van der Waals surface area contributed by atoms with Gasteiger partial charge in [0.05, 0.1) is 18.1 Å². The lowest BCUT2D eigenvalue weighted by Crippen LogP contribution is -2.63. The molecule has 0 spiro atoms. The fraction of sp³-hybridized carbons (Fsp3) is 0.500. The van der Waals surface area contributed by atoms with E-state index in [2.05, 4.69) is 13.8 Å². The molecule has 1 saturated heterocycles. The number of nitrogens with zero attached hydrogens (tertiary/aromatic N) is 1. The van der Waals surface area contributed by atoms with Gasteiger partial charge in [-0.05, 0) is 36.0 Å². The van der Waals surface area contributed by atoms with Crippen LogP contribution in [0, 0.1) is 17.8 Å². The van der Waals surface area contributed by atoms with Crippen molar-refractivity contribution in [3.63, 3.8) is 0 Å². The number of rotatable bonds is 5. The zero-order valence-electron chi connectivity index (χ0n) is 15.1. The van der Waals surface area contributed by atoms with Gasteiger partial charge in [0.1, 0.15) is 5.70 Å². The summed E-state index contributed by atoms with van der Waals surface area (Å²) in [6.45, 7) is 7.84. The summed E-state index contributed by atoms with van der Waals surface area (Å²) < 4.78 is 0. The number of aliphatic carboxylic acids is 1. The molecule has 0 radical (unpaired) electrons. The van der Waals surface area contributed by atoms with Crippen LogP contribution in [0.2, 0.25) is 0 Å². The van der Waals surface area contributed by atoms with Gasteiger partial charge in [-0.25, -0.2) is 4.79 Å². The van der Waals surface area contributed by atoms with E-state index in [9.17, 15) is 19.8 Å². The van der Waals surface area contributed by atoms with Gasteiger partial charge in [0.2, 0.25) is 5.91 Å². The van der Waals surface area contributed by atoms with Crippen LogP contribution >= 0.6 is 0 Å². The standard InChI is InChI=1S/C20H25NO4/c1-10(2)9-13-5-7-14(8-6-13)15-11(3)17-16(12(4)22)19(23)21(17)18(15)20(24)25/h5-8,10-12,16-17,22H,9H2,1-4H3,(H,24,25). The van der Waals surface area contributed by atoms with Crippen molar-refractivity contribution in [3.05, 3.63) is 41.1 Å². The first kappa shape index (κ1) is 17.7. The van der Waals surface area contributed by atoms with Gasteiger partial charge in [-0.1, -0.05) is 45.0 Å². The highest BCUT2D eigenvalue weighted by Gasteiger charge is 2.59. The van der Waals surface area contributed by atoms with Gasteiger partial charge in [-0.3, -0.25) is 4.79 Å². The first-order valence-corrected chi connectivity index (χ1v) is 8.82. The Labute approximate surface area is 148 Å². The van der Waals surface area contributed by atoms with Crippen molar-refractivity contribution >= 4 is 17.4 Å². The van der Waals surface area contributed by atoms with Gasteiger partial charge in [0.15, 0.2) is 0 Å². The second-order valence-corrected chi connectivity index (χ2v) is 7.62. The molecule has 5 nitrogen and oxygen atoms in total. The predicted octanol–water partition coefficient (Wildman–Crippen LogP) is 2.54. The summed E-state index contributed by atoms with van der Waals surface area (Å²) in [5.74, 6) is -1.48. The van der Waals surface area contributed by atoms with Crippen molar-refractivity contribution in [2.75, 3.05) is 0 Å². The number of β-lactam (4-membered cyclic amide) rings is 1. The Morgan fingerprint density at radius 3 is 2.28 bits per heavy atom. The number of aliphatic hydroxyl groups excluding tert-OH is 1. The van der Waals surface area contributed by atoms with E-state index in [1.54, 1.807) is 6.92 Å². The van der Waals surface area contributed by atoms with E-state index < -0.39 is 18.0 Å². The smallest absolute Gasteiger partial charge is 0.352 e. The van der Waals surface area contributed by atoms with Crippen LogP contribution in [0.15, 0.2) is 30.0 Å². The molecule has 0 aromatic heterocycles. The van der Waals surface area contributed by atoms with Crippen molar-refractivity contribution in [2.45, 2.75) is 46.3 Å². The molecule has 1 aromatic rings. The number of fused-ring (bicyclic) bond motifs is 1. The topological polar surface area (TPSA) is 77.8 Å². The number of hydrogen-bond acceptors (Lipinski definition) is 3. The van der Waals surface area contributed by atoms with Crippen LogP contribution in [-0.2, 0) is 16.0 Å². The normalized spacial score (nSPS) is 26.7. The minimum Gasteiger partial charge on any atom is -0.477 e. The number of hydrogen-bond donors (Lipinski definition) is 2. The third-order valence-electron chi connectivity index (χ3n) is 5.28. The molecule has 134 valence electrons. The van der Waals surface area contributed by atoms with Crippen LogP contribution in [0.1, 0.15) is 38.8 Å². The van der Waals surface area contributed by atoms with Crippen molar-refractivity contribution in [1.29, 1.82) is 0 Å². The Hall–Kier alpha value is -2.14. The molecule has 4 unspecified atom stereocenters. The van der Waals surface area contributed by atoms with Crippen LogP contribution in [0.5, 0.6) is 0 Å². The van der Waals surface area contributed by atoms with E-state index in [1.165, 1.54) is 10.5 Å². The van der Waals surface area contributed by atoms with Gasteiger partial charge in [-0.15, -0.1) is 0 Å². The largest absolute Gasteiger partial charge is 0.477 e. The Morgan fingerprint density at radius 1 is 1.20 bits per heavy atom. The summed E-state index contributed by atoms with van der Waals surface area (Å²) >= 11 is 0. The van der Waals surface area contributed by atoms with Crippen LogP contribution < -0.4 is 0 Å². The fourth-order valence-electron chi connectivity index (χ4n) is 4.24. The maximum absolute atomic E-state index is 12.4. The van der Waals surface area contributed by atoms with Crippen LogP contribution in [0.3, 0.4) is 0 Å². The number of amides is 1. The Balaban J connectivity index is 1.99. The van der Waals surface area contributed by atoms with E-state index in [4.69, 9.17) is 0 Å². The molecular weight excluding hydrogens is 318 g/mol. The second-order valence-electron chi connectivity index (χ2n) is 7.62. The van der Waals surface area contributed by atoms with Gasteiger partial charge in [-0.2, -0.15) is 0 Å². The van der Waals surface area contributed by atoms with E-state index in [-0.39, 0.29) is 23.6 Å². The van der Waals surface area contributed by atoms with Crippen LogP contribution in [0.25, 0.3) is 5.57 Å². The SMILES string of the molecule is CC(C)Cc1ccc(C2=C(C(=O)O)N3C(=O)C(C(C)O)C3C2C)cc1. The third-order valence-corrected chi connectivity index (χ3v) is 5.28. The number of carboxylic acid groups (broad SMARTS) is 1. The molecule has 0 saturated carbocycles. The molecule has 5 heteroatoms. The van der Waals surface area contributed by atoms with E-state index >= 15 is 0 Å². The molecule has 0 aliphatic carbocycles. The molecule has 1 fully saturated rings. The number of carbonyl (C=O) groups is 2. The third kappa shape index (κ3) is 2.76. The van der Waals surface area contributed by atoms with Crippen LogP contribution in [0.4, 0.5) is 0 Å². The fourth-order valence-corrected chi connectivity index (χ4v) is 4.24. The Bertz CT molecular complexity index is 733. The van der Waals surface area contributed by atoms with E-state index in [1.807, 2.05) is 31.2 Å². The molecule has 2 N–H and O–H groups in total. The average Bonchev–Trinajstić information content (AvgIpc) is 2.77. The van der Waals surface area contributed by atoms with Gasteiger partial charge >= 0.3 is 5.97 Å². The predicted molar refractivity (Wildman–Crippen MR) is 94.5 cm³/mol. The molecule has 1 aromatic carbocycles. The average molecular weight is 343 g/mol. The Kier molecular flexibility index (Phi) is 4.45. The lowest BCUT2D eigenvalue weighted by atomic mass is 9.77. The maximum atomic E-state index is 12.4. The zero-order valence-corrected chi connectivity index (χ0v) is 15.1. The first-order chi connectivity index (χ1) is 11.7. The van der Waals surface area contributed by atoms with Gasteiger partial charge < -0.3 is 15.1 Å². The quantitative estimate of drug-likeness (QED) is 0.806. The molecule has 2 aliphatic heterocycles. The maximum Gasteiger partial charge on any atom is 0.352 e. The molecule has 1 amide bonds. The van der Waals surface area contributed by atoms with Crippen molar-refractivity contribution in [1.82, 2.24) is 4.90 Å². The summed E-state index contributed by atoms with van der Waals surface area (Å²) in [7, 11) is 0. The highest BCUT2D eigenvalue weighted by molar-refractivity contribution is 6.06. The number of carbonyl (C=O) groups excluding carboxylic acids is 1. The number of aliphatic hydroxyl groups is 1. The summed E-state index contributed by atoms with van der Waals surface area (Å²) in [6.07, 6.45) is 0.192. The molecule has 2 aliphatic rings. The van der Waals surface area contributed by atoms with E-state index in [0.29, 0.717) is 11.5 Å². The lowest BCUT2D eigenvalue weighted by Gasteiger charge is -2.46. The lowest BCUT2D eigenvalue weighted by molar-refractivity contribution is -0.163. The summed E-state index contributed by atoms with van der Waals surface area (Å²) in [4.78, 5) is 25.6. The number of benzene rings is 1. The van der Waals surface area contributed by atoms with Gasteiger partial charge in [0, 0.05) is 5.92 Å². The molecule has 4 atom stereocenters. The summed E-state index contributed by atoms with van der Waals surface area (Å²) in [5, 5.41) is 19.6. The molecule has 25 heavy (non-hydrogen) atoms. The van der Waals surface area contributed by atoms with Crippen molar-refractivity contribution < 1.29 is 19.8 Å². The highest BCUT2D eigenvalue weighted by atomic mass is 16.4. The Morgan fingerprint density at radius 2 is 1.80 bits per heavy atom. The molecule has 3 rings (SSSR count). The zero-order chi connectivity index (χ0) is 18.5. The molecule has 2 heterocycles. The van der Waals surface area contributed by atoms with E-state index in [0.717, 1.165) is 12.0 Å². The molecule has 0 bridgehead atoms. The number of carboxylic acids is 1. The molecular formula is C20H25NO4. The van der Waals surface area contributed by atoms with Crippen molar-refractivity contribution in [2.24, 2.45) is 17.8 Å². The van der Waals surface area contributed by atoms with Crippen LogP contribution in [-0.4, -0.2) is 39.1 Å². The highest BCUT2D eigenvalue weighted by Crippen LogP contribution is 2.50. The minimum atomic E-state index is -1.09. The van der Waals surface area contributed by atoms with Gasteiger partial charge in [0.25, 0.3) is 0 Å². The summed E-state index contributed by atoms with van der Waals surface area (Å²) in [6, 6.07) is 7.67. The minimum absolute atomic E-state index is 0.0657. The van der Waals surface area contributed by atoms with Crippen molar-refractivity contribution in [3.8, 4) is 0 Å².